The summed E-state index contributed by atoms with van der Waals surface area (Å²) in [5.74, 6) is 0.814. The fourth-order valence-corrected chi connectivity index (χ4v) is 6.51. The van der Waals surface area contributed by atoms with Crippen LogP contribution in [0.1, 0.15) is 37.8 Å². The number of sulfonamides is 1. The van der Waals surface area contributed by atoms with Crippen LogP contribution in [0.4, 0.5) is 5.69 Å². The molecule has 1 saturated heterocycles. The number of hydrogen-bond donors (Lipinski definition) is 2. The number of hydrogen-bond acceptors (Lipinski definition) is 8. The maximum Gasteiger partial charge on any atom is 0.232 e. The molecule has 1 aliphatic rings. The van der Waals surface area contributed by atoms with Crippen molar-refractivity contribution in [2.45, 2.75) is 45.6 Å². The second-order valence-corrected chi connectivity index (χ2v) is 14.1. The summed E-state index contributed by atoms with van der Waals surface area (Å²) < 4.78 is 34.7. The van der Waals surface area contributed by atoms with Gasteiger partial charge in [0.25, 0.3) is 0 Å². The fraction of sp³-hybridized carbons (Fsp3) is 0.536. The summed E-state index contributed by atoms with van der Waals surface area (Å²) in [7, 11) is -3.39. The van der Waals surface area contributed by atoms with E-state index in [2.05, 4.69) is 40.3 Å². The molecule has 10 heteroatoms. The van der Waals surface area contributed by atoms with E-state index >= 15 is 0 Å². The standard InChI is InChI=1S/C28H40N4O4S2/c1-21-29-26-18-25(10-11-27(26)37-21)36-20-24(33)19-32-15-13-31(14-16-32)12-5-17-38(34,35)30-23-8-6-22(7-9-23)28(2,3)4/h6-11,18,24,30,33H,5,12-17,19-20H2,1-4H3. The van der Waals surface area contributed by atoms with Crippen molar-refractivity contribution in [3.8, 4) is 5.75 Å². The number of nitrogens with one attached hydrogen (secondary N) is 1. The SMILES string of the molecule is Cc1nc2cc(OCC(O)CN3CCN(CCCS(=O)(=O)Nc4ccc(C(C)(C)C)cc4)CC3)ccc2s1. The highest BCUT2D eigenvalue weighted by Gasteiger charge is 2.21. The molecule has 2 N–H and O–H groups in total. The average Bonchev–Trinajstić information content (AvgIpc) is 3.22. The first-order valence-corrected chi connectivity index (χ1v) is 15.7. The zero-order valence-electron chi connectivity index (χ0n) is 22.8. The highest BCUT2D eigenvalue weighted by molar-refractivity contribution is 7.92. The average molecular weight is 561 g/mol. The Labute approximate surface area is 230 Å². The van der Waals surface area contributed by atoms with Gasteiger partial charge in [-0.2, -0.15) is 0 Å². The molecule has 0 amide bonds. The van der Waals surface area contributed by atoms with Gasteiger partial charge in [-0.15, -0.1) is 11.3 Å². The summed E-state index contributed by atoms with van der Waals surface area (Å²) in [6.07, 6.45) is -0.00236. The third-order valence-corrected chi connectivity index (χ3v) is 9.08. The van der Waals surface area contributed by atoms with Gasteiger partial charge in [0.15, 0.2) is 0 Å². The lowest BCUT2D eigenvalue weighted by Crippen LogP contribution is -2.49. The normalized spacial score (nSPS) is 16.6. The van der Waals surface area contributed by atoms with Crippen molar-refractivity contribution in [1.82, 2.24) is 14.8 Å². The van der Waals surface area contributed by atoms with Crippen LogP contribution in [0.5, 0.6) is 5.75 Å². The molecule has 0 saturated carbocycles. The molecule has 2 aromatic carbocycles. The minimum Gasteiger partial charge on any atom is -0.491 e. The molecule has 1 unspecified atom stereocenters. The number of rotatable bonds is 11. The second kappa shape index (κ2) is 12.3. The van der Waals surface area contributed by atoms with Gasteiger partial charge in [0.2, 0.25) is 10.0 Å². The third kappa shape index (κ3) is 8.38. The molecular weight excluding hydrogens is 520 g/mol. The molecule has 1 atom stereocenters. The van der Waals surface area contributed by atoms with Crippen LogP contribution in [-0.4, -0.2) is 86.0 Å². The first kappa shape index (κ1) is 28.8. The number of piperazine rings is 1. The predicted molar refractivity (Wildman–Crippen MR) is 156 cm³/mol. The molecule has 0 spiro atoms. The van der Waals surface area contributed by atoms with E-state index in [4.69, 9.17) is 4.74 Å². The second-order valence-electron chi connectivity index (χ2n) is 11.1. The fourth-order valence-electron chi connectivity index (χ4n) is 4.60. The molecule has 208 valence electrons. The number of nitrogens with zero attached hydrogens (tertiary/aromatic N) is 3. The van der Waals surface area contributed by atoms with Crippen molar-refractivity contribution in [2.24, 2.45) is 0 Å². The number of β-amino-alcohol motifs (C(OH)–C–C–N with tert-alkyl or cyclic N) is 1. The van der Waals surface area contributed by atoms with Crippen LogP contribution in [0.2, 0.25) is 0 Å². The van der Waals surface area contributed by atoms with Gasteiger partial charge >= 0.3 is 0 Å². The number of aliphatic hydroxyl groups excluding tert-OH is 1. The lowest BCUT2D eigenvalue weighted by atomic mass is 9.87. The molecule has 8 nitrogen and oxygen atoms in total. The number of thiazole rings is 1. The number of aryl methyl sites for hydroxylation is 1. The van der Waals surface area contributed by atoms with E-state index < -0.39 is 16.1 Å². The summed E-state index contributed by atoms with van der Waals surface area (Å²) in [4.78, 5) is 9.01. The van der Waals surface area contributed by atoms with Crippen molar-refractivity contribution in [1.29, 1.82) is 0 Å². The van der Waals surface area contributed by atoms with Gasteiger partial charge in [-0.25, -0.2) is 13.4 Å². The molecular formula is C28H40N4O4S2. The van der Waals surface area contributed by atoms with Crippen LogP contribution in [0.25, 0.3) is 10.2 Å². The summed E-state index contributed by atoms with van der Waals surface area (Å²) in [5.41, 5.74) is 2.73. The van der Waals surface area contributed by atoms with E-state index in [0.29, 0.717) is 18.7 Å². The Bertz CT molecular complexity index is 1290. The molecule has 1 aliphatic heterocycles. The van der Waals surface area contributed by atoms with E-state index in [-0.39, 0.29) is 17.8 Å². The van der Waals surface area contributed by atoms with Crippen LogP contribution in [0.15, 0.2) is 42.5 Å². The first-order valence-electron chi connectivity index (χ1n) is 13.2. The van der Waals surface area contributed by atoms with Crippen molar-refractivity contribution in [2.75, 3.05) is 56.4 Å². The monoisotopic (exact) mass is 560 g/mol. The third-order valence-electron chi connectivity index (χ3n) is 6.75. The Kier molecular flexibility index (Phi) is 9.31. The topological polar surface area (TPSA) is 95.0 Å². The van der Waals surface area contributed by atoms with E-state index in [1.54, 1.807) is 11.3 Å². The highest BCUT2D eigenvalue weighted by atomic mass is 32.2. The Balaban J connectivity index is 1.12. The Morgan fingerprint density at radius 1 is 1.08 bits per heavy atom. The molecule has 0 bridgehead atoms. The minimum absolute atomic E-state index is 0.0318. The Morgan fingerprint density at radius 3 is 2.45 bits per heavy atom. The molecule has 2 heterocycles. The number of aliphatic hydroxyl groups is 1. The van der Waals surface area contributed by atoms with Gasteiger partial charge < -0.3 is 14.7 Å². The van der Waals surface area contributed by atoms with Crippen molar-refractivity contribution < 1.29 is 18.3 Å². The van der Waals surface area contributed by atoms with Crippen molar-refractivity contribution in [3.05, 3.63) is 53.0 Å². The van der Waals surface area contributed by atoms with Gasteiger partial charge in [-0.1, -0.05) is 32.9 Å². The Morgan fingerprint density at radius 2 is 1.76 bits per heavy atom. The summed E-state index contributed by atoms with van der Waals surface area (Å²) >= 11 is 1.66. The van der Waals surface area contributed by atoms with Crippen LogP contribution in [-0.2, 0) is 15.4 Å². The van der Waals surface area contributed by atoms with Gasteiger partial charge in [0.1, 0.15) is 18.5 Å². The van der Waals surface area contributed by atoms with E-state index in [1.165, 1.54) is 5.56 Å². The molecule has 0 aliphatic carbocycles. The maximum absolute atomic E-state index is 12.5. The highest BCUT2D eigenvalue weighted by Crippen LogP contribution is 2.26. The van der Waals surface area contributed by atoms with Crippen LogP contribution in [0.3, 0.4) is 0 Å². The number of aromatic nitrogens is 1. The molecule has 1 aromatic heterocycles. The van der Waals surface area contributed by atoms with Crippen molar-refractivity contribution in [3.63, 3.8) is 0 Å². The van der Waals surface area contributed by atoms with E-state index in [0.717, 1.165) is 53.7 Å². The lowest BCUT2D eigenvalue weighted by Gasteiger charge is -2.35. The van der Waals surface area contributed by atoms with Gasteiger partial charge in [-0.05, 0) is 55.1 Å². The quantitative estimate of drug-likeness (QED) is 0.365. The van der Waals surface area contributed by atoms with Crippen LogP contribution < -0.4 is 9.46 Å². The Hall–Kier alpha value is -2.24. The number of ether oxygens (including phenoxy) is 1. The molecule has 38 heavy (non-hydrogen) atoms. The summed E-state index contributed by atoms with van der Waals surface area (Å²) in [6, 6.07) is 13.5. The number of anilines is 1. The molecule has 1 fully saturated rings. The summed E-state index contributed by atoms with van der Waals surface area (Å²) in [6.45, 7) is 13.3. The number of benzene rings is 2. The number of fused-ring (bicyclic) bond motifs is 1. The van der Waals surface area contributed by atoms with Gasteiger partial charge in [0, 0.05) is 44.5 Å². The first-order chi connectivity index (χ1) is 18.0. The van der Waals surface area contributed by atoms with Crippen LogP contribution >= 0.6 is 11.3 Å². The maximum atomic E-state index is 12.5. The summed E-state index contributed by atoms with van der Waals surface area (Å²) in [5, 5.41) is 11.5. The largest absolute Gasteiger partial charge is 0.491 e. The van der Waals surface area contributed by atoms with Crippen molar-refractivity contribution >= 4 is 37.3 Å². The minimum atomic E-state index is -3.39. The molecule has 0 radical (unpaired) electrons. The smallest absolute Gasteiger partial charge is 0.232 e. The van der Waals surface area contributed by atoms with E-state index in [9.17, 15) is 13.5 Å². The van der Waals surface area contributed by atoms with Gasteiger partial charge in [0.05, 0.1) is 21.0 Å². The van der Waals surface area contributed by atoms with E-state index in [1.807, 2.05) is 49.4 Å². The molecule has 3 aromatic rings. The predicted octanol–water partition coefficient (Wildman–Crippen LogP) is 4.09. The van der Waals surface area contributed by atoms with Crippen LogP contribution in [0, 0.1) is 6.92 Å². The lowest BCUT2D eigenvalue weighted by molar-refractivity contribution is 0.0462. The zero-order chi connectivity index (χ0) is 27.3. The molecule has 4 rings (SSSR count). The van der Waals surface area contributed by atoms with Gasteiger partial charge in [-0.3, -0.25) is 9.62 Å². The zero-order valence-corrected chi connectivity index (χ0v) is 24.4.